The number of hydrogen-bond acceptors (Lipinski definition) is 2. The fourth-order valence-corrected chi connectivity index (χ4v) is 9.30. The second-order valence-electron chi connectivity index (χ2n) is 13.4. The highest BCUT2D eigenvalue weighted by molar-refractivity contribution is 5.80. The molecule has 1 aliphatic heterocycles. The third-order valence-corrected chi connectivity index (χ3v) is 11.5. The lowest BCUT2D eigenvalue weighted by atomic mass is 9.47. The van der Waals surface area contributed by atoms with Crippen molar-refractivity contribution in [3.05, 3.63) is 71.3 Å². The van der Waals surface area contributed by atoms with E-state index in [4.69, 9.17) is 0 Å². The van der Waals surface area contributed by atoms with Crippen LogP contribution < -0.4 is 10.6 Å². The van der Waals surface area contributed by atoms with Crippen molar-refractivity contribution in [1.82, 2.24) is 10.6 Å². The number of nitrogens with one attached hydrogen (secondary N) is 2. The van der Waals surface area contributed by atoms with Gasteiger partial charge in [-0.3, -0.25) is 9.59 Å². The Morgan fingerprint density at radius 1 is 0.921 bits per heavy atom. The Morgan fingerprint density at radius 3 is 2.42 bits per heavy atom. The quantitative estimate of drug-likeness (QED) is 0.478. The van der Waals surface area contributed by atoms with Crippen LogP contribution >= 0.6 is 0 Å². The second kappa shape index (κ2) is 9.84. The number of amides is 2. The fraction of sp³-hybridized carbons (Fsp3) is 0.588. The van der Waals surface area contributed by atoms with Gasteiger partial charge in [-0.1, -0.05) is 74.0 Å². The monoisotopic (exact) mass is 512 g/mol. The van der Waals surface area contributed by atoms with E-state index in [1.807, 2.05) is 6.07 Å². The summed E-state index contributed by atoms with van der Waals surface area (Å²) in [7, 11) is 0. The first kappa shape index (κ1) is 25.6. The summed E-state index contributed by atoms with van der Waals surface area (Å²) in [5, 5.41) is 6.88. The Hall–Kier alpha value is -2.62. The minimum Gasteiger partial charge on any atom is -0.353 e. The zero-order valence-electron chi connectivity index (χ0n) is 23.3. The van der Waals surface area contributed by atoms with Crippen molar-refractivity contribution in [3.63, 3.8) is 0 Å². The SMILES string of the molecule is Cc1ccc(CC(NC(=O)C2CC[C@H]3[C@@H]4CCC5NC(=O)CC[C@]5(C)[C@@H]4CC[C@]23C)c2ccccc2)cc1. The maximum atomic E-state index is 14.1. The molecule has 4 aliphatic rings. The molecule has 2 N–H and O–H groups in total. The minimum atomic E-state index is -0.0226. The highest BCUT2D eigenvalue weighted by atomic mass is 16.2. The third-order valence-electron chi connectivity index (χ3n) is 11.5. The van der Waals surface area contributed by atoms with E-state index >= 15 is 0 Å². The van der Waals surface area contributed by atoms with Gasteiger partial charge in [0, 0.05) is 18.4 Å². The van der Waals surface area contributed by atoms with Gasteiger partial charge in [0.1, 0.15) is 0 Å². The summed E-state index contributed by atoms with van der Waals surface area (Å²) in [6, 6.07) is 19.5. The molecule has 3 saturated carbocycles. The predicted octanol–water partition coefficient (Wildman–Crippen LogP) is 6.53. The van der Waals surface area contributed by atoms with Crippen LogP contribution in [0.25, 0.3) is 0 Å². The summed E-state index contributed by atoms with van der Waals surface area (Å²) in [5.74, 6) is 2.52. The first-order valence-corrected chi connectivity index (χ1v) is 15.0. The lowest BCUT2D eigenvalue weighted by Gasteiger charge is -2.60. The Bertz CT molecular complexity index is 1180. The first-order valence-electron chi connectivity index (χ1n) is 15.0. The number of rotatable bonds is 5. The van der Waals surface area contributed by atoms with Gasteiger partial charge in [-0.25, -0.2) is 0 Å². The molecule has 0 aromatic heterocycles. The van der Waals surface area contributed by atoms with Crippen molar-refractivity contribution in [3.8, 4) is 0 Å². The molecule has 6 rings (SSSR count). The van der Waals surface area contributed by atoms with E-state index < -0.39 is 0 Å². The molecular formula is C34H44N2O2. The van der Waals surface area contributed by atoms with Crippen LogP contribution in [0.4, 0.5) is 0 Å². The summed E-state index contributed by atoms with van der Waals surface area (Å²) in [6.45, 7) is 6.99. The average molecular weight is 513 g/mol. The van der Waals surface area contributed by atoms with Crippen LogP contribution in [0.3, 0.4) is 0 Å². The van der Waals surface area contributed by atoms with Crippen LogP contribution in [0.15, 0.2) is 54.6 Å². The molecule has 1 heterocycles. The maximum absolute atomic E-state index is 14.1. The molecule has 1 saturated heterocycles. The molecule has 0 bridgehead atoms. The molecule has 3 aliphatic carbocycles. The normalized spacial score (nSPS) is 36.8. The molecule has 0 spiro atoms. The smallest absolute Gasteiger partial charge is 0.224 e. The van der Waals surface area contributed by atoms with Gasteiger partial charge in [0.05, 0.1) is 6.04 Å². The molecule has 2 aromatic carbocycles. The number of benzene rings is 2. The van der Waals surface area contributed by atoms with E-state index in [0.29, 0.717) is 30.2 Å². The summed E-state index contributed by atoms with van der Waals surface area (Å²) in [5.41, 5.74) is 3.97. The molecule has 2 amide bonds. The zero-order chi connectivity index (χ0) is 26.5. The number of carbonyl (C=O) groups excluding carboxylic acids is 2. The van der Waals surface area contributed by atoms with Gasteiger partial charge in [-0.05, 0) is 98.0 Å². The largest absolute Gasteiger partial charge is 0.353 e. The van der Waals surface area contributed by atoms with Gasteiger partial charge in [-0.15, -0.1) is 0 Å². The zero-order valence-corrected chi connectivity index (χ0v) is 23.3. The van der Waals surface area contributed by atoms with Crippen LogP contribution in [0.2, 0.25) is 0 Å². The Morgan fingerprint density at radius 2 is 1.66 bits per heavy atom. The van der Waals surface area contributed by atoms with E-state index in [0.717, 1.165) is 38.5 Å². The molecule has 4 heteroatoms. The highest BCUT2D eigenvalue weighted by Gasteiger charge is 2.61. The molecule has 2 aromatic rings. The van der Waals surface area contributed by atoms with Crippen molar-refractivity contribution < 1.29 is 9.59 Å². The van der Waals surface area contributed by atoms with Crippen LogP contribution in [0.5, 0.6) is 0 Å². The van der Waals surface area contributed by atoms with Crippen LogP contribution in [0, 0.1) is 41.4 Å². The molecule has 3 unspecified atom stereocenters. The Balaban J connectivity index is 1.20. The van der Waals surface area contributed by atoms with Gasteiger partial charge < -0.3 is 10.6 Å². The van der Waals surface area contributed by atoms with E-state index in [2.05, 4.69) is 79.9 Å². The molecule has 4 fully saturated rings. The molecule has 8 atom stereocenters. The fourth-order valence-electron chi connectivity index (χ4n) is 9.30. The van der Waals surface area contributed by atoms with Crippen molar-refractivity contribution >= 4 is 11.8 Å². The highest BCUT2D eigenvalue weighted by Crippen LogP contribution is 2.65. The van der Waals surface area contributed by atoms with E-state index in [1.165, 1.54) is 29.5 Å². The van der Waals surface area contributed by atoms with Gasteiger partial charge in [-0.2, -0.15) is 0 Å². The number of hydrogen-bond donors (Lipinski definition) is 2. The maximum Gasteiger partial charge on any atom is 0.224 e. The number of carbonyl (C=O) groups is 2. The van der Waals surface area contributed by atoms with Crippen molar-refractivity contribution in [1.29, 1.82) is 0 Å². The summed E-state index contributed by atoms with van der Waals surface area (Å²) < 4.78 is 0. The molecular weight excluding hydrogens is 468 g/mol. The lowest BCUT2D eigenvalue weighted by molar-refractivity contribution is -0.142. The second-order valence-corrected chi connectivity index (χ2v) is 13.4. The van der Waals surface area contributed by atoms with Gasteiger partial charge >= 0.3 is 0 Å². The van der Waals surface area contributed by atoms with Gasteiger partial charge in [0.2, 0.25) is 11.8 Å². The van der Waals surface area contributed by atoms with E-state index in [9.17, 15) is 9.59 Å². The first-order chi connectivity index (χ1) is 18.3. The lowest BCUT2D eigenvalue weighted by Crippen LogP contribution is -2.61. The number of fused-ring (bicyclic) bond motifs is 5. The molecule has 38 heavy (non-hydrogen) atoms. The molecule has 4 nitrogen and oxygen atoms in total. The predicted molar refractivity (Wildman–Crippen MR) is 151 cm³/mol. The van der Waals surface area contributed by atoms with E-state index in [-0.39, 0.29) is 34.6 Å². The Labute approximate surface area is 228 Å². The van der Waals surface area contributed by atoms with E-state index in [1.54, 1.807) is 0 Å². The van der Waals surface area contributed by atoms with Crippen LogP contribution in [-0.4, -0.2) is 17.9 Å². The summed E-state index contributed by atoms with van der Waals surface area (Å²) in [4.78, 5) is 26.2. The minimum absolute atomic E-state index is 0.0226. The van der Waals surface area contributed by atoms with Crippen molar-refractivity contribution in [2.45, 2.75) is 90.6 Å². The number of aryl methyl sites for hydroxylation is 1. The van der Waals surface area contributed by atoms with Crippen LogP contribution in [0.1, 0.15) is 87.9 Å². The van der Waals surface area contributed by atoms with Crippen LogP contribution in [-0.2, 0) is 16.0 Å². The average Bonchev–Trinajstić information content (AvgIpc) is 3.28. The molecule has 202 valence electrons. The Kier molecular flexibility index (Phi) is 6.64. The summed E-state index contributed by atoms with van der Waals surface area (Å²) >= 11 is 0. The van der Waals surface area contributed by atoms with Crippen molar-refractivity contribution in [2.24, 2.45) is 34.5 Å². The van der Waals surface area contributed by atoms with Gasteiger partial charge in [0.15, 0.2) is 0 Å². The third kappa shape index (κ3) is 4.38. The van der Waals surface area contributed by atoms with Gasteiger partial charge in [0.25, 0.3) is 0 Å². The standard InChI is InChI=1S/C34H44N2O2/c1-22-9-11-23(12-10-22)21-29(24-7-5-4-6-8-24)35-32(38)28-15-14-26-25-13-16-30-34(3,20-18-31(37)36-30)27(25)17-19-33(26,28)2/h4-12,25-30H,13-21H2,1-3H3,(H,35,38)(H,36,37)/t25-,26-,27+,28?,29?,30?,33-,34+/m0/s1. The topological polar surface area (TPSA) is 58.2 Å². The molecule has 0 radical (unpaired) electrons. The van der Waals surface area contributed by atoms with Crippen molar-refractivity contribution in [2.75, 3.05) is 0 Å². The summed E-state index contributed by atoms with van der Waals surface area (Å²) in [6.07, 6.45) is 9.27. The number of piperidine rings is 1.